The van der Waals surface area contributed by atoms with Crippen LogP contribution in [0.1, 0.15) is 5.56 Å². The Labute approximate surface area is 119 Å². The number of carboxylic acid groups (broad SMARTS) is 1. The molecule has 0 radical (unpaired) electrons. The molecule has 1 atom stereocenters. The number of aromatic nitrogens is 1. The van der Waals surface area contributed by atoms with Gasteiger partial charge < -0.3 is 20.1 Å². The van der Waals surface area contributed by atoms with Crippen LogP contribution < -0.4 is 5.32 Å². The molecule has 7 heteroatoms. The number of ether oxygens (including phenoxy) is 1. The Morgan fingerprint density at radius 1 is 1.48 bits per heavy atom. The monoisotopic (exact) mass is 294 g/mol. The smallest absolute Gasteiger partial charge is 0.334 e. The Kier molecular flexibility index (Phi) is 4.54. The Morgan fingerprint density at radius 3 is 2.90 bits per heavy atom. The molecular weight excluding hydrogens is 279 g/mol. The summed E-state index contributed by atoms with van der Waals surface area (Å²) in [6.45, 7) is -0.109. The van der Waals surface area contributed by atoms with Crippen LogP contribution in [0.4, 0.5) is 4.39 Å². The maximum Gasteiger partial charge on any atom is 0.334 e. The van der Waals surface area contributed by atoms with Gasteiger partial charge in [-0.25, -0.2) is 9.18 Å². The van der Waals surface area contributed by atoms with Crippen LogP contribution in [-0.2, 0) is 20.7 Å². The lowest BCUT2D eigenvalue weighted by Gasteiger charge is -2.11. The van der Waals surface area contributed by atoms with Gasteiger partial charge in [-0.1, -0.05) is 0 Å². The first kappa shape index (κ1) is 15.0. The summed E-state index contributed by atoms with van der Waals surface area (Å²) in [5.41, 5.74) is 1.32. The second-order valence-electron chi connectivity index (χ2n) is 4.55. The average molecular weight is 294 g/mol. The van der Waals surface area contributed by atoms with Crippen molar-refractivity contribution in [2.24, 2.45) is 0 Å². The first-order chi connectivity index (χ1) is 10.0. The molecular formula is C14H15FN2O4. The van der Waals surface area contributed by atoms with Crippen LogP contribution in [0.2, 0.25) is 0 Å². The highest BCUT2D eigenvalue weighted by Gasteiger charge is 2.17. The van der Waals surface area contributed by atoms with Gasteiger partial charge in [0.15, 0.2) is 6.10 Å². The van der Waals surface area contributed by atoms with Gasteiger partial charge in [0.05, 0.1) is 13.0 Å². The van der Waals surface area contributed by atoms with Gasteiger partial charge in [-0.05, 0) is 23.8 Å². The third-order valence-corrected chi connectivity index (χ3v) is 3.13. The molecule has 0 saturated carbocycles. The van der Waals surface area contributed by atoms with Gasteiger partial charge in [-0.15, -0.1) is 0 Å². The van der Waals surface area contributed by atoms with Gasteiger partial charge in [-0.2, -0.15) is 0 Å². The molecule has 0 aliphatic rings. The van der Waals surface area contributed by atoms with E-state index in [1.54, 1.807) is 12.3 Å². The maximum absolute atomic E-state index is 13.1. The van der Waals surface area contributed by atoms with Crippen molar-refractivity contribution in [3.05, 3.63) is 35.8 Å². The lowest BCUT2D eigenvalue weighted by atomic mass is 10.1. The summed E-state index contributed by atoms with van der Waals surface area (Å²) in [5.74, 6) is -1.83. The fourth-order valence-corrected chi connectivity index (χ4v) is 2.02. The number of halogens is 1. The van der Waals surface area contributed by atoms with E-state index >= 15 is 0 Å². The van der Waals surface area contributed by atoms with E-state index < -0.39 is 12.1 Å². The molecule has 1 aromatic heterocycles. The zero-order valence-corrected chi connectivity index (χ0v) is 11.4. The molecule has 0 saturated heterocycles. The van der Waals surface area contributed by atoms with Crippen molar-refractivity contribution in [2.75, 3.05) is 13.7 Å². The number of carbonyl (C=O) groups is 2. The van der Waals surface area contributed by atoms with Gasteiger partial charge in [0, 0.05) is 24.2 Å². The van der Waals surface area contributed by atoms with Gasteiger partial charge in [0.1, 0.15) is 5.82 Å². The van der Waals surface area contributed by atoms with Crippen molar-refractivity contribution < 1.29 is 23.8 Å². The number of aliphatic carboxylic acids is 1. The van der Waals surface area contributed by atoms with Crippen LogP contribution in [0.3, 0.4) is 0 Å². The van der Waals surface area contributed by atoms with E-state index in [0.717, 1.165) is 5.39 Å². The van der Waals surface area contributed by atoms with Gasteiger partial charge in [0.25, 0.3) is 0 Å². The van der Waals surface area contributed by atoms with Gasteiger partial charge in [-0.3, -0.25) is 4.79 Å². The van der Waals surface area contributed by atoms with Gasteiger partial charge >= 0.3 is 5.97 Å². The van der Waals surface area contributed by atoms with Crippen LogP contribution in [0.15, 0.2) is 24.4 Å². The summed E-state index contributed by atoms with van der Waals surface area (Å²) in [5, 5.41) is 12.0. The molecule has 1 unspecified atom stereocenters. The zero-order chi connectivity index (χ0) is 15.4. The number of aromatic amines is 1. The van der Waals surface area contributed by atoms with Crippen molar-refractivity contribution in [2.45, 2.75) is 12.5 Å². The van der Waals surface area contributed by atoms with E-state index in [-0.39, 0.29) is 24.7 Å². The molecule has 0 spiro atoms. The van der Waals surface area contributed by atoms with E-state index in [2.05, 4.69) is 10.3 Å². The number of methoxy groups -OCH3 is 1. The van der Waals surface area contributed by atoms with E-state index in [4.69, 9.17) is 9.84 Å². The molecule has 0 fully saturated rings. The molecule has 6 nitrogen and oxygen atoms in total. The topological polar surface area (TPSA) is 91.4 Å². The fourth-order valence-electron chi connectivity index (χ4n) is 2.02. The number of H-pyrrole nitrogens is 1. The number of carboxylic acids is 1. The fraction of sp³-hybridized carbons (Fsp3) is 0.286. The first-order valence-electron chi connectivity index (χ1n) is 6.29. The minimum absolute atomic E-state index is 0.0711. The third-order valence-electron chi connectivity index (χ3n) is 3.13. The van der Waals surface area contributed by atoms with Crippen molar-refractivity contribution >= 4 is 22.8 Å². The second kappa shape index (κ2) is 6.36. The first-order valence-corrected chi connectivity index (χ1v) is 6.29. The van der Waals surface area contributed by atoms with E-state index in [0.29, 0.717) is 11.1 Å². The third kappa shape index (κ3) is 3.57. The summed E-state index contributed by atoms with van der Waals surface area (Å²) < 4.78 is 17.8. The van der Waals surface area contributed by atoms with Crippen molar-refractivity contribution in [1.29, 1.82) is 0 Å². The number of benzene rings is 1. The summed E-state index contributed by atoms with van der Waals surface area (Å²) in [6.07, 6.45) is 0.627. The molecule has 0 bridgehead atoms. The minimum atomic E-state index is -1.14. The van der Waals surface area contributed by atoms with Crippen molar-refractivity contribution in [3.63, 3.8) is 0 Å². The molecule has 21 heavy (non-hydrogen) atoms. The van der Waals surface area contributed by atoms with Crippen LogP contribution in [0.25, 0.3) is 10.9 Å². The molecule has 1 amide bonds. The highest BCUT2D eigenvalue weighted by molar-refractivity contribution is 5.89. The largest absolute Gasteiger partial charge is 0.479 e. The Balaban J connectivity index is 2.00. The van der Waals surface area contributed by atoms with Crippen molar-refractivity contribution in [1.82, 2.24) is 10.3 Å². The highest BCUT2D eigenvalue weighted by Crippen LogP contribution is 2.19. The number of hydrogen-bond acceptors (Lipinski definition) is 3. The molecule has 3 N–H and O–H groups in total. The molecule has 1 heterocycles. The number of hydrogen-bond donors (Lipinski definition) is 3. The quantitative estimate of drug-likeness (QED) is 0.743. The Hall–Kier alpha value is -2.41. The lowest BCUT2D eigenvalue weighted by molar-refractivity contribution is -0.148. The van der Waals surface area contributed by atoms with E-state index in [1.165, 1.54) is 19.2 Å². The number of rotatable bonds is 6. The van der Waals surface area contributed by atoms with Crippen LogP contribution >= 0.6 is 0 Å². The number of amides is 1. The average Bonchev–Trinajstić information content (AvgIpc) is 2.81. The zero-order valence-electron chi connectivity index (χ0n) is 11.4. The van der Waals surface area contributed by atoms with Crippen LogP contribution in [-0.4, -0.2) is 41.7 Å². The standard InChI is InChI=1S/C14H15FN2O4/c1-21-12(14(19)20)7-17-13(18)4-8-6-16-11-5-9(15)2-3-10(8)11/h2-3,5-6,12,16H,4,7H2,1H3,(H,17,18)(H,19,20). The minimum Gasteiger partial charge on any atom is -0.479 e. The number of carbonyl (C=O) groups excluding carboxylic acids is 1. The number of nitrogens with one attached hydrogen (secondary N) is 2. The SMILES string of the molecule is COC(CNC(=O)Cc1c[nH]c2cc(F)ccc12)C(=O)O. The summed E-state index contributed by atoms with van der Waals surface area (Å²) >= 11 is 0. The number of fused-ring (bicyclic) bond motifs is 1. The van der Waals surface area contributed by atoms with E-state index in [9.17, 15) is 14.0 Å². The molecule has 0 aliphatic heterocycles. The predicted molar refractivity (Wildman–Crippen MR) is 73.4 cm³/mol. The molecule has 112 valence electrons. The summed E-state index contributed by atoms with van der Waals surface area (Å²) in [7, 11) is 1.26. The van der Waals surface area contributed by atoms with Crippen LogP contribution in [0.5, 0.6) is 0 Å². The Bertz CT molecular complexity index is 668. The predicted octanol–water partition coefficient (Wildman–Crippen LogP) is 1.07. The molecule has 2 rings (SSSR count). The summed E-state index contributed by atoms with van der Waals surface area (Å²) in [4.78, 5) is 25.5. The maximum atomic E-state index is 13.1. The van der Waals surface area contributed by atoms with Crippen molar-refractivity contribution in [3.8, 4) is 0 Å². The lowest BCUT2D eigenvalue weighted by Crippen LogP contribution is -2.38. The summed E-state index contributed by atoms with van der Waals surface area (Å²) in [6, 6.07) is 4.27. The molecule has 2 aromatic rings. The van der Waals surface area contributed by atoms with E-state index in [1.807, 2.05) is 0 Å². The highest BCUT2D eigenvalue weighted by atomic mass is 19.1. The second-order valence-corrected chi connectivity index (χ2v) is 4.55. The Morgan fingerprint density at radius 2 is 2.24 bits per heavy atom. The molecule has 1 aromatic carbocycles. The van der Waals surface area contributed by atoms with Crippen LogP contribution in [0, 0.1) is 5.82 Å². The van der Waals surface area contributed by atoms with Gasteiger partial charge in [0.2, 0.25) is 5.91 Å². The molecule has 0 aliphatic carbocycles. The normalized spacial score (nSPS) is 12.3.